The highest BCUT2D eigenvalue weighted by Gasteiger charge is 2.17. The van der Waals surface area contributed by atoms with Gasteiger partial charge in [0.05, 0.1) is 0 Å². The van der Waals surface area contributed by atoms with Gasteiger partial charge in [0.2, 0.25) is 11.8 Å². The quantitative estimate of drug-likeness (QED) is 0.764. The monoisotopic (exact) mass is 308 g/mol. The Hall–Kier alpha value is -1.06. The standard InChI is InChI=1S/C18H32N2O2/c21-17(19-15-9-5-1-2-6-10-15)13-14-18(22)20-16-11-7-3-4-8-12-16/h15-16H,1-14H2,(H,19,21)(H,20,22). The maximum atomic E-state index is 12.0. The number of hydrogen-bond donors (Lipinski definition) is 2. The van der Waals surface area contributed by atoms with Crippen LogP contribution in [0.1, 0.15) is 89.9 Å². The third kappa shape index (κ3) is 6.80. The van der Waals surface area contributed by atoms with Crippen molar-refractivity contribution in [3.05, 3.63) is 0 Å². The summed E-state index contributed by atoms with van der Waals surface area (Å²) in [4.78, 5) is 24.0. The Morgan fingerprint density at radius 2 is 0.909 bits per heavy atom. The minimum atomic E-state index is 0.0444. The summed E-state index contributed by atoms with van der Waals surface area (Å²) in [7, 11) is 0. The molecule has 126 valence electrons. The van der Waals surface area contributed by atoms with Crippen molar-refractivity contribution >= 4 is 11.8 Å². The van der Waals surface area contributed by atoms with E-state index in [1.165, 1.54) is 51.4 Å². The fourth-order valence-corrected chi connectivity index (χ4v) is 3.67. The minimum Gasteiger partial charge on any atom is -0.353 e. The molecule has 22 heavy (non-hydrogen) atoms. The molecule has 0 unspecified atom stereocenters. The predicted molar refractivity (Wildman–Crippen MR) is 88.5 cm³/mol. The van der Waals surface area contributed by atoms with E-state index in [-0.39, 0.29) is 11.8 Å². The van der Waals surface area contributed by atoms with E-state index in [2.05, 4.69) is 10.6 Å². The van der Waals surface area contributed by atoms with Crippen LogP contribution in [-0.4, -0.2) is 23.9 Å². The van der Waals surface area contributed by atoms with Gasteiger partial charge >= 0.3 is 0 Å². The van der Waals surface area contributed by atoms with Gasteiger partial charge in [-0.1, -0.05) is 51.4 Å². The van der Waals surface area contributed by atoms with E-state index in [1.807, 2.05) is 0 Å². The summed E-state index contributed by atoms with van der Waals surface area (Å²) in [5.41, 5.74) is 0. The Morgan fingerprint density at radius 1 is 0.591 bits per heavy atom. The van der Waals surface area contributed by atoms with E-state index in [0.717, 1.165) is 25.7 Å². The van der Waals surface area contributed by atoms with Crippen molar-refractivity contribution in [1.82, 2.24) is 10.6 Å². The van der Waals surface area contributed by atoms with Crippen LogP contribution in [0.15, 0.2) is 0 Å². The van der Waals surface area contributed by atoms with Crippen molar-refractivity contribution in [3.63, 3.8) is 0 Å². The zero-order chi connectivity index (χ0) is 15.6. The number of hydrogen-bond acceptors (Lipinski definition) is 2. The fourth-order valence-electron chi connectivity index (χ4n) is 3.67. The van der Waals surface area contributed by atoms with Gasteiger partial charge in [-0.3, -0.25) is 9.59 Å². The average Bonchev–Trinajstić information content (AvgIpc) is 2.90. The molecule has 0 spiro atoms. The van der Waals surface area contributed by atoms with E-state index in [0.29, 0.717) is 24.9 Å². The molecule has 2 saturated carbocycles. The number of carbonyl (C=O) groups excluding carboxylic acids is 2. The summed E-state index contributed by atoms with van der Waals surface area (Å²) in [5.74, 6) is 0.0887. The molecule has 4 heteroatoms. The Labute approximate surface area is 134 Å². The van der Waals surface area contributed by atoms with Gasteiger partial charge in [0.25, 0.3) is 0 Å². The Kier molecular flexibility index (Phi) is 7.75. The number of carbonyl (C=O) groups is 2. The summed E-state index contributed by atoms with van der Waals surface area (Å²) >= 11 is 0. The molecule has 0 aromatic carbocycles. The first-order valence-electron chi connectivity index (χ1n) is 9.33. The molecule has 0 saturated heterocycles. The average molecular weight is 308 g/mol. The molecular formula is C18H32N2O2. The van der Waals surface area contributed by atoms with Crippen LogP contribution in [0.3, 0.4) is 0 Å². The summed E-state index contributed by atoms with van der Waals surface area (Å²) in [6.07, 6.45) is 15.1. The predicted octanol–water partition coefficient (Wildman–Crippen LogP) is 3.44. The van der Waals surface area contributed by atoms with Crippen molar-refractivity contribution in [2.24, 2.45) is 0 Å². The van der Waals surface area contributed by atoms with E-state index in [9.17, 15) is 9.59 Å². The molecule has 0 radical (unpaired) electrons. The van der Waals surface area contributed by atoms with Crippen LogP contribution in [0.5, 0.6) is 0 Å². The van der Waals surface area contributed by atoms with Gasteiger partial charge in [0.1, 0.15) is 0 Å². The van der Waals surface area contributed by atoms with Crippen molar-refractivity contribution in [2.75, 3.05) is 0 Å². The molecule has 0 atom stereocenters. The molecule has 0 heterocycles. The van der Waals surface area contributed by atoms with Gasteiger partial charge in [-0.25, -0.2) is 0 Å². The smallest absolute Gasteiger partial charge is 0.220 e. The van der Waals surface area contributed by atoms with E-state index in [1.54, 1.807) is 0 Å². The Bertz CT molecular complexity index is 307. The molecule has 0 aromatic rings. The normalized spacial score (nSPS) is 21.6. The van der Waals surface area contributed by atoms with Crippen LogP contribution in [0.25, 0.3) is 0 Å². The Balaban J connectivity index is 1.61. The molecule has 0 aromatic heterocycles. The van der Waals surface area contributed by atoms with Crippen LogP contribution in [0.2, 0.25) is 0 Å². The summed E-state index contributed by atoms with van der Waals surface area (Å²) in [6.45, 7) is 0. The minimum absolute atomic E-state index is 0.0444. The number of rotatable bonds is 5. The Morgan fingerprint density at radius 3 is 1.23 bits per heavy atom. The molecule has 2 rings (SSSR count). The lowest BCUT2D eigenvalue weighted by Gasteiger charge is -2.17. The molecule has 2 aliphatic carbocycles. The van der Waals surface area contributed by atoms with Crippen LogP contribution in [0.4, 0.5) is 0 Å². The molecule has 4 nitrogen and oxygen atoms in total. The summed E-state index contributed by atoms with van der Waals surface area (Å²) in [6, 6.07) is 0.667. The largest absolute Gasteiger partial charge is 0.353 e. The molecule has 0 bridgehead atoms. The van der Waals surface area contributed by atoms with Crippen molar-refractivity contribution < 1.29 is 9.59 Å². The third-order valence-corrected chi connectivity index (χ3v) is 5.02. The van der Waals surface area contributed by atoms with Gasteiger partial charge in [0.15, 0.2) is 0 Å². The van der Waals surface area contributed by atoms with Gasteiger partial charge in [-0.05, 0) is 25.7 Å². The highest BCUT2D eigenvalue weighted by molar-refractivity contribution is 5.83. The lowest BCUT2D eigenvalue weighted by atomic mass is 10.1. The van der Waals surface area contributed by atoms with Gasteiger partial charge in [-0.15, -0.1) is 0 Å². The van der Waals surface area contributed by atoms with E-state index in [4.69, 9.17) is 0 Å². The van der Waals surface area contributed by atoms with Gasteiger partial charge < -0.3 is 10.6 Å². The molecule has 2 amide bonds. The lowest BCUT2D eigenvalue weighted by molar-refractivity contribution is -0.127. The van der Waals surface area contributed by atoms with Gasteiger partial charge in [0, 0.05) is 24.9 Å². The second kappa shape index (κ2) is 9.86. The highest BCUT2D eigenvalue weighted by Crippen LogP contribution is 2.18. The summed E-state index contributed by atoms with van der Waals surface area (Å²) in [5, 5.41) is 6.22. The summed E-state index contributed by atoms with van der Waals surface area (Å²) < 4.78 is 0. The zero-order valence-corrected chi connectivity index (χ0v) is 13.9. The molecule has 2 fully saturated rings. The number of nitrogens with one attached hydrogen (secondary N) is 2. The van der Waals surface area contributed by atoms with Crippen LogP contribution in [0, 0.1) is 0 Å². The van der Waals surface area contributed by atoms with Crippen LogP contribution >= 0.6 is 0 Å². The maximum absolute atomic E-state index is 12.0. The second-order valence-electron chi connectivity index (χ2n) is 7.01. The fraction of sp³-hybridized carbons (Fsp3) is 0.889. The van der Waals surface area contributed by atoms with Crippen molar-refractivity contribution in [2.45, 2.75) is 102 Å². The highest BCUT2D eigenvalue weighted by atomic mass is 16.2. The lowest BCUT2D eigenvalue weighted by Crippen LogP contribution is -2.37. The first-order chi connectivity index (χ1) is 10.7. The van der Waals surface area contributed by atoms with E-state index < -0.39 is 0 Å². The second-order valence-corrected chi connectivity index (χ2v) is 7.01. The molecule has 0 aliphatic heterocycles. The third-order valence-electron chi connectivity index (χ3n) is 5.02. The molecule has 2 N–H and O–H groups in total. The zero-order valence-electron chi connectivity index (χ0n) is 13.9. The van der Waals surface area contributed by atoms with Crippen molar-refractivity contribution in [3.8, 4) is 0 Å². The topological polar surface area (TPSA) is 58.2 Å². The molecular weight excluding hydrogens is 276 g/mol. The number of amides is 2. The first kappa shape index (κ1) is 17.3. The molecule has 2 aliphatic rings. The van der Waals surface area contributed by atoms with Crippen LogP contribution in [-0.2, 0) is 9.59 Å². The maximum Gasteiger partial charge on any atom is 0.220 e. The SMILES string of the molecule is O=C(CCC(=O)NC1CCCCCC1)NC1CCCCCC1. The van der Waals surface area contributed by atoms with Crippen molar-refractivity contribution in [1.29, 1.82) is 0 Å². The van der Waals surface area contributed by atoms with E-state index >= 15 is 0 Å². The first-order valence-corrected chi connectivity index (χ1v) is 9.33. The van der Waals surface area contributed by atoms with Crippen LogP contribution < -0.4 is 10.6 Å². The van der Waals surface area contributed by atoms with Gasteiger partial charge in [-0.2, -0.15) is 0 Å².